The molecule has 1 heterocycles. The van der Waals surface area contributed by atoms with E-state index < -0.39 is 11.9 Å². The number of rotatable bonds is 5. The van der Waals surface area contributed by atoms with E-state index in [0.29, 0.717) is 11.6 Å². The van der Waals surface area contributed by atoms with E-state index >= 15 is 0 Å². The van der Waals surface area contributed by atoms with Gasteiger partial charge in [-0.25, -0.2) is 9.37 Å². The topological polar surface area (TPSA) is 51.2 Å². The van der Waals surface area contributed by atoms with E-state index in [1.165, 1.54) is 23.5 Å². The Balaban J connectivity index is 1.75. The van der Waals surface area contributed by atoms with Crippen molar-refractivity contribution in [1.82, 2.24) is 4.98 Å². The fourth-order valence-electron chi connectivity index (χ4n) is 2.29. The highest BCUT2D eigenvalue weighted by atomic mass is 32.1. The number of anilines is 1. The van der Waals surface area contributed by atoms with Crippen LogP contribution in [0.5, 0.6) is 5.75 Å². The van der Waals surface area contributed by atoms with Crippen molar-refractivity contribution < 1.29 is 13.9 Å². The van der Waals surface area contributed by atoms with E-state index in [1.807, 2.05) is 32.0 Å². The zero-order chi connectivity index (χ0) is 17.1. The predicted molar refractivity (Wildman–Crippen MR) is 94.1 cm³/mol. The van der Waals surface area contributed by atoms with Gasteiger partial charge in [0.2, 0.25) is 0 Å². The minimum absolute atomic E-state index is 0.0689. The van der Waals surface area contributed by atoms with Gasteiger partial charge < -0.3 is 4.74 Å². The Morgan fingerprint density at radius 3 is 2.88 bits per heavy atom. The number of benzene rings is 2. The summed E-state index contributed by atoms with van der Waals surface area (Å²) in [5.74, 6) is -0.754. The summed E-state index contributed by atoms with van der Waals surface area (Å²) in [5, 5.41) is 3.27. The van der Waals surface area contributed by atoms with E-state index in [0.717, 1.165) is 15.8 Å². The Labute approximate surface area is 143 Å². The Morgan fingerprint density at radius 1 is 1.33 bits per heavy atom. The number of halogens is 1. The number of aryl methyl sites for hydroxylation is 1. The molecule has 4 nitrogen and oxygen atoms in total. The van der Waals surface area contributed by atoms with E-state index in [1.54, 1.807) is 12.1 Å². The van der Waals surface area contributed by atoms with Gasteiger partial charge in [-0.3, -0.25) is 10.1 Å². The number of aromatic nitrogens is 1. The summed E-state index contributed by atoms with van der Waals surface area (Å²) < 4.78 is 20.2. The van der Waals surface area contributed by atoms with E-state index in [9.17, 15) is 9.18 Å². The van der Waals surface area contributed by atoms with Crippen LogP contribution in [0.4, 0.5) is 9.52 Å². The second kappa shape index (κ2) is 6.97. The number of hydrogen-bond donors (Lipinski definition) is 1. The van der Waals surface area contributed by atoms with Crippen LogP contribution < -0.4 is 10.1 Å². The summed E-state index contributed by atoms with van der Waals surface area (Å²) in [6.07, 6.45) is -0.361. The molecule has 3 aromatic rings. The molecule has 0 saturated carbocycles. The van der Waals surface area contributed by atoms with E-state index in [-0.39, 0.29) is 11.7 Å². The van der Waals surface area contributed by atoms with Gasteiger partial charge in [-0.15, -0.1) is 0 Å². The van der Waals surface area contributed by atoms with E-state index in [4.69, 9.17) is 4.74 Å². The van der Waals surface area contributed by atoms with Gasteiger partial charge in [0.05, 0.1) is 10.2 Å². The molecule has 3 rings (SSSR count). The van der Waals surface area contributed by atoms with Gasteiger partial charge in [0.25, 0.3) is 5.91 Å². The maximum absolute atomic E-state index is 13.7. The number of nitrogens with one attached hydrogen (secondary N) is 1. The summed E-state index contributed by atoms with van der Waals surface area (Å²) >= 11 is 1.40. The number of hydrogen-bond acceptors (Lipinski definition) is 4. The molecule has 2 aromatic carbocycles. The number of nitrogens with zero attached hydrogens (tertiary/aromatic N) is 1. The summed E-state index contributed by atoms with van der Waals surface area (Å²) in [6.45, 7) is 3.82. The first-order valence-electron chi connectivity index (χ1n) is 7.66. The number of fused-ring (bicyclic) bond motifs is 1. The molecule has 0 aliphatic heterocycles. The van der Waals surface area contributed by atoms with Crippen molar-refractivity contribution in [2.75, 3.05) is 5.32 Å². The molecular weight excluding hydrogens is 327 g/mol. The van der Waals surface area contributed by atoms with Gasteiger partial charge in [0.1, 0.15) is 0 Å². The Kier molecular flexibility index (Phi) is 4.76. The van der Waals surface area contributed by atoms with Crippen molar-refractivity contribution in [1.29, 1.82) is 0 Å². The SMILES string of the molecule is CC[C@@H](Oc1ccccc1F)C(=O)Nc1nc2ccc(C)cc2s1. The summed E-state index contributed by atoms with van der Waals surface area (Å²) in [7, 11) is 0. The lowest BCUT2D eigenvalue weighted by molar-refractivity contribution is -0.122. The van der Waals surface area contributed by atoms with Crippen LogP contribution >= 0.6 is 11.3 Å². The number of para-hydroxylation sites is 1. The number of thiazole rings is 1. The zero-order valence-electron chi connectivity index (χ0n) is 13.4. The zero-order valence-corrected chi connectivity index (χ0v) is 14.2. The van der Waals surface area contributed by atoms with Crippen molar-refractivity contribution >= 4 is 32.6 Å². The van der Waals surface area contributed by atoms with E-state index in [2.05, 4.69) is 10.3 Å². The van der Waals surface area contributed by atoms with Crippen LogP contribution in [0.2, 0.25) is 0 Å². The average molecular weight is 344 g/mol. The Bertz CT molecular complexity index is 878. The molecule has 1 amide bonds. The average Bonchev–Trinajstić information content (AvgIpc) is 2.95. The number of ether oxygens (including phenoxy) is 1. The molecule has 0 bridgehead atoms. The maximum atomic E-state index is 13.7. The van der Waals surface area contributed by atoms with Gasteiger partial charge >= 0.3 is 0 Å². The molecule has 1 N–H and O–H groups in total. The molecular formula is C18H17FN2O2S. The molecule has 0 fully saturated rings. The minimum Gasteiger partial charge on any atom is -0.478 e. The second-order valence-electron chi connectivity index (χ2n) is 5.42. The van der Waals surface area contributed by atoms with Gasteiger partial charge in [-0.1, -0.05) is 36.5 Å². The first-order valence-corrected chi connectivity index (χ1v) is 8.47. The number of carbonyl (C=O) groups excluding carboxylic acids is 1. The third-order valence-electron chi connectivity index (χ3n) is 3.54. The number of carbonyl (C=O) groups is 1. The summed E-state index contributed by atoms with van der Waals surface area (Å²) in [6, 6.07) is 12.0. The molecule has 0 saturated heterocycles. The standard InChI is InChI=1S/C18H17FN2O2S/c1-3-14(23-15-7-5-4-6-12(15)19)17(22)21-18-20-13-9-8-11(2)10-16(13)24-18/h4-10,14H,3H2,1-2H3,(H,20,21,22)/t14-/m1/s1. The van der Waals surface area contributed by atoms with Crippen LogP contribution in [0.15, 0.2) is 42.5 Å². The molecule has 0 spiro atoms. The molecule has 1 atom stereocenters. The first-order chi connectivity index (χ1) is 11.6. The molecule has 0 radical (unpaired) electrons. The van der Waals surface area contributed by atoms with Crippen LogP contribution in [0.3, 0.4) is 0 Å². The van der Waals surface area contributed by atoms with Gasteiger partial charge in [0, 0.05) is 0 Å². The largest absolute Gasteiger partial charge is 0.478 e. The highest BCUT2D eigenvalue weighted by Gasteiger charge is 2.21. The van der Waals surface area contributed by atoms with Crippen molar-refractivity contribution in [3.05, 3.63) is 53.8 Å². The molecule has 6 heteroatoms. The van der Waals surface area contributed by atoms with Crippen LogP contribution in [-0.4, -0.2) is 17.0 Å². The second-order valence-corrected chi connectivity index (χ2v) is 6.46. The lowest BCUT2D eigenvalue weighted by Crippen LogP contribution is -2.32. The van der Waals surface area contributed by atoms with Crippen LogP contribution in [0.1, 0.15) is 18.9 Å². The minimum atomic E-state index is -0.782. The van der Waals surface area contributed by atoms with Gasteiger partial charge in [-0.05, 0) is 43.2 Å². The highest BCUT2D eigenvalue weighted by Crippen LogP contribution is 2.27. The van der Waals surface area contributed by atoms with Crippen molar-refractivity contribution in [2.45, 2.75) is 26.4 Å². The van der Waals surface area contributed by atoms with Crippen molar-refractivity contribution in [3.8, 4) is 5.75 Å². The molecule has 124 valence electrons. The van der Waals surface area contributed by atoms with Crippen molar-refractivity contribution in [3.63, 3.8) is 0 Å². The molecule has 0 aliphatic carbocycles. The molecule has 0 aliphatic rings. The monoisotopic (exact) mass is 344 g/mol. The quantitative estimate of drug-likeness (QED) is 0.739. The van der Waals surface area contributed by atoms with Crippen LogP contribution in [-0.2, 0) is 4.79 Å². The third kappa shape index (κ3) is 3.54. The molecule has 1 aromatic heterocycles. The van der Waals surface area contributed by atoms with Crippen LogP contribution in [0.25, 0.3) is 10.2 Å². The normalized spacial score (nSPS) is 12.1. The van der Waals surface area contributed by atoms with Crippen LogP contribution in [0, 0.1) is 12.7 Å². The Hall–Kier alpha value is -2.47. The van der Waals surface area contributed by atoms with Crippen molar-refractivity contribution in [2.24, 2.45) is 0 Å². The Morgan fingerprint density at radius 2 is 2.12 bits per heavy atom. The molecule has 24 heavy (non-hydrogen) atoms. The summed E-state index contributed by atoms with van der Waals surface area (Å²) in [5.41, 5.74) is 1.97. The smallest absolute Gasteiger partial charge is 0.267 e. The number of amides is 1. The fourth-order valence-corrected chi connectivity index (χ4v) is 3.25. The highest BCUT2D eigenvalue weighted by molar-refractivity contribution is 7.22. The van der Waals surface area contributed by atoms with Gasteiger partial charge in [0.15, 0.2) is 22.8 Å². The maximum Gasteiger partial charge on any atom is 0.267 e. The lowest BCUT2D eigenvalue weighted by atomic mass is 10.2. The third-order valence-corrected chi connectivity index (χ3v) is 4.48. The molecule has 0 unspecified atom stereocenters. The fraction of sp³-hybridized carbons (Fsp3) is 0.222. The summed E-state index contributed by atoms with van der Waals surface area (Å²) in [4.78, 5) is 16.8. The lowest BCUT2D eigenvalue weighted by Gasteiger charge is -2.16. The van der Waals surface area contributed by atoms with Gasteiger partial charge in [-0.2, -0.15) is 0 Å². The predicted octanol–water partition coefficient (Wildman–Crippen LogP) is 4.54. The first kappa shape index (κ1) is 16.4.